The van der Waals surface area contributed by atoms with Crippen LogP contribution in [0.5, 0.6) is 0 Å². The summed E-state index contributed by atoms with van der Waals surface area (Å²) in [6, 6.07) is 5.20. The SMILES string of the molecule is O=C(CCl)Nc1nnc(Sc2ccc(Cl)cc2Cl)s1. The van der Waals surface area contributed by atoms with E-state index in [1.165, 1.54) is 23.1 Å². The number of nitrogens with zero attached hydrogens (tertiary/aromatic N) is 2. The summed E-state index contributed by atoms with van der Waals surface area (Å²) in [5, 5.41) is 11.8. The highest BCUT2D eigenvalue weighted by molar-refractivity contribution is 8.01. The fourth-order valence-corrected chi connectivity index (χ4v) is 3.43. The molecule has 1 amide bonds. The van der Waals surface area contributed by atoms with Crippen molar-refractivity contribution in [2.75, 3.05) is 11.2 Å². The van der Waals surface area contributed by atoms with Gasteiger partial charge in [0.25, 0.3) is 0 Å². The first-order valence-corrected chi connectivity index (χ1v) is 7.83. The molecule has 0 spiro atoms. The molecule has 0 aliphatic rings. The average molecular weight is 355 g/mol. The number of nitrogens with one attached hydrogen (secondary N) is 1. The number of benzene rings is 1. The van der Waals surface area contributed by atoms with Crippen LogP contribution in [-0.4, -0.2) is 22.0 Å². The maximum Gasteiger partial charge on any atom is 0.241 e. The lowest BCUT2D eigenvalue weighted by Crippen LogP contribution is -2.12. The summed E-state index contributed by atoms with van der Waals surface area (Å²) < 4.78 is 0.661. The third-order valence-electron chi connectivity index (χ3n) is 1.87. The van der Waals surface area contributed by atoms with Crippen LogP contribution in [0.1, 0.15) is 0 Å². The topological polar surface area (TPSA) is 54.9 Å². The van der Waals surface area contributed by atoms with Gasteiger partial charge in [0.15, 0.2) is 4.34 Å². The van der Waals surface area contributed by atoms with E-state index < -0.39 is 0 Å². The first kappa shape index (κ1) is 14.9. The Hall–Kier alpha value is -0.530. The van der Waals surface area contributed by atoms with Crippen LogP contribution < -0.4 is 5.32 Å². The molecule has 9 heteroatoms. The molecular weight excluding hydrogens is 349 g/mol. The van der Waals surface area contributed by atoms with Gasteiger partial charge in [0.05, 0.1) is 5.02 Å². The third-order valence-corrected chi connectivity index (χ3v) is 4.73. The highest BCUT2D eigenvalue weighted by atomic mass is 35.5. The second-order valence-electron chi connectivity index (χ2n) is 3.23. The van der Waals surface area contributed by atoms with Crippen molar-refractivity contribution in [1.82, 2.24) is 10.2 Å². The minimum absolute atomic E-state index is 0.120. The van der Waals surface area contributed by atoms with Gasteiger partial charge < -0.3 is 0 Å². The van der Waals surface area contributed by atoms with E-state index in [1.54, 1.807) is 18.2 Å². The Morgan fingerprint density at radius 3 is 2.84 bits per heavy atom. The number of carbonyl (C=O) groups excluding carboxylic acids is 1. The van der Waals surface area contributed by atoms with Gasteiger partial charge in [-0.3, -0.25) is 10.1 Å². The molecule has 0 radical (unpaired) electrons. The van der Waals surface area contributed by atoms with Crippen LogP contribution >= 0.6 is 57.9 Å². The smallest absolute Gasteiger partial charge is 0.241 e. The largest absolute Gasteiger partial charge is 0.299 e. The van der Waals surface area contributed by atoms with Crippen molar-refractivity contribution in [2.24, 2.45) is 0 Å². The highest BCUT2D eigenvalue weighted by Crippen LogP contribution is 2.36. The number of anilines is 1. The van der Waals surface area contributed by atoms with Crippen LogP contribution in [-0.2, 0) is 4.79 Å². The summed E-state index contributed by atoms with van der Waals surface area (Å²) in [5.74, 6) is -0.440. The molecule has 0 fully saturated rings. The predicted octanol–water partition coefficient (Wildman–Crippen LogP) is 4.17. The minimum Gasteiger partial charge on any atom is -0.299 e. The lowest BCUT2D eigenvalue weighted by Gasteiger charge is -2.00. The number of halogens is 3. The van der Waals surface area contributed by atoms with Gasteiger partial charge in [-0.2, -0.15) is 0 Å². The second kappa shape index (κ2) is 6.76. The van der Waals surface area contributed by atoms with Gasteiger partial charge in [-0.05, 0) is 18.2 Å². The molecule has 2 aromatic rings. The van der Waals surface area contributed by atoms with Crippen molar-refractivity contribution in [2.45, 2.75) is 9.24 Å². The average Bonchev–Trinajstić information content (AvgIpc) is 2.80. The normalized spacial score (nSPS) is 10.5. The van der Waals surface area contributed by atoms with E-state index in [9.17, 15) is 4.79 Å². The van der Waals surface area contributed by atoms with Gasteiger partial charge in [-0.15, -0.1) is 21.8 Å². The molecule has 1 N–H and O–H groups in total. The molecule has 0 unspecified atom stereocenters. The van der Waals surface area contributed by atoms with Crippen molar-refractivity contribution < 1.29 is 4.79 Å². The molecule has 2 rings (SSSR count). The summed E-state index contributed by atoms with van der Waals surface area (Å²) in [6.45, 7) is 0. The van der Waals surface area contributed by atoms with E-state index in [2.05, 4.69) is 15.5 Å². The molecular formula is C10H6Cl3N3OS2. The van der Waals surface area contributed by atoms with Crippen molar-refractivity contribution in [3.05, 3.63) is 28.2 Å². The van der Waals surface area contributed by atoms with E-state index in [-0.39, 0.29) is 11.8 Å². The van der Waals surface area contributed by atoms with Crippen molar-refractivity contribution in [1.29, 1.82) is 0 Å². The Morgan fingerprint density at radius 1 is 1.37 bits per heavy atom. The molecule has 1 heterocycles. The zero-order valence-corrected chi connectivity index (χ0v) is 13.1. The number of hydrogen-bond donors (Lipinski definition) is 1. The molecule has 0 saturated carbocycles. The Bertz CT molecular complexity index is 605. The first-order chi connectivity index (χ1) is 9.08. The number of hydrogen-bond acceptors (Lipinski definition) is 5. The molecule has 4 nitrogen and oxygen atoms in total. The summed E-state index contributed by atoms with van der Waals surface area (Å²) in [4.78, 5) is 11.9. The Labute approximate surface area is 132 Å². The standard InChI is InChI=1S/C10H6Cl3N3OS2/c11-4-8(17)14-9-15-16-10(19-9)18-7-2-1-5(12)3-6(7)13/h1-3H,4H2,(H,14,15,17). The van der Waals surface area contributed by atoms with E-state index in [0.29, 0.717) is 19.5 Å². The summed E-state index contributed by atoms with van der Waals surface area (Å²) in [6.07, 6.45) is 0. The molecule has 0 bridgehead atoms. The van der Waals surface area contributed by atoms with Gasteiger partial charge in [0, 0.05) is 9.92 Å². The molecule has 0 aliphatic heterocycles. The summed E-state index contributed by atoms with van der Waals surface area (Å²) >= 11 is 19.8. The zero-order valence-electron chi connectivity index (χ0n) is 9.19. The van der Waals surface area contributed by atoms with Crippen molar-refractivity contribution >= 4 is 68.9 Å². The molecule has 1 aromatic carbocycles. The number of aromatic nitrogens is 2. The van der Waals surface area contributed by atoms with Crippen LogP contribution in [0.25, 0.3) is 0 Å². The number of rotatable bonds is 4. The number of alkyl halides is 1. The monoisotopic (exact) mass is 353 g/mol. The Balaban J connectivity index is 2.09. The molecule has 0 aliphatic carbocycles. The zero-order chi connectivity index (χ0) is 13.8. The van der Waals surface area contributed by atoms with Gasteiger partial charge in [-0.1, -0.05) is 46.3 Å². The van der Waals surface area contributed by atoms with E-state index in [4.69, 9.17) is 34.8 Å². The maximum atomic E-state index is 11.1. The van der Waals surface area contributed by atoms with E-state index in [1.807, 2.05) is 0 Å². The van der Waals surface area contributed by atoms with Crippen molar-refractivity contribution in [3.63, 3.8) is 0 Å². The quantitative estimate of drug-likeness (QED) is 0.661. The van der Waals surface area contributed by atoms with E-state index >= 15 is 0 Å². The minimum atomic E-state index is -0.320. The molecule has 19 heavy (non-hydrogen) atoms. The van der Waals surface area contributed by atoms with Crippen LogP contribution in [0.2, 0.25) is 10.0 Å². The van der Waals surface area contributed by atoms with E-state index in [0.717, 1.165) is 4.90 Å². The van der Waals surface area contributed by atoms with Gasteiger partial charge in [0.1, 0.15) is 5.88 Å². The molecule has 0 atom stereocenters. The fraction of sp³-hybridized carbons (Fsp3) is 0.100. The van der Waals surface area contributed by atoms with Crippen LogP contribution in [0, 0.1) is 0 Å². The maximum absolute atomic E-state index is 11.1. The number of carbonyl (C=O) groups is 1. The van der Waals surface area contributed by atoms with Crippen LogP contribution in [0.4, 0.5) is 5.13 Å². The summed E-state index contributed by atoms with van der Waals surface area (Å²) in [7, 11) is 0. The second-order valence-corrected chi connectivity index (χ2v) is 6.61. The molecule has 100 valence electrons. The third kappa shape index (κ3) is 4.22. The predicted molar refractivity (Wildman–Crippen MR) is 79.8 cm³/mol. The summed E-state index contributed by atoms with van der Waals surface area (Å²) in [5.41, 5.74) is 0. The lowest BCUT2D eigenvalue weighted by atomic mass is 10.4. The number of amides is 1. The van der Waals surface area contributed by atoms with Crippen molar-refractivity contribution in [3.8, 4) is 0 Å². The lowest BCUT2D eigenvalue weighted by molar-refractivity contribution is -0.113. The van der Waals surface area contributed by atoms with Crippen LogP contribution in [0.3, 0.4) is 0 Å². The van der Waals surface area contributed by atoms with Gasteiger partial charge in [-0.25, -0.2) is 0 Å². The Morgan fingerprint density at radius 2 is 2.16 bits per heavy atom. The molecule has 1 aromatic heterocycles. The van der Waals surface area contributed by atoms with Gasteiger partial charge in [0.2, 0.25) is 11.0 Å². The fourth-order valence-electron chi connectivity index (χ4n) is 1.11. The first-order valence-electron chi connectivity index (χ1n) is 4.90. The molecule has 0 saturated heterocycles. The van der Waals surface area contributed by atoms with Crippen LogP contribution in [0.15, 0.2) is 27.4 Å². The van der Waals surface area contributed by atoms with Gasteiger partial charge >= 0.3 is 0 Å². The highest BCUT2D eigenvalue weighted by Gasteiger charge is 2.10. The Kier molecular flexibility index (Phi) is 5.29.